The zero-order chi connectivity index (χ0) is 11.1. The molecule has 0 aromatic heterocycles. The number of hydrogen-bond donors (Lipinski definition) is 0. The Morgan fingerprint density at radius 2 is 1.93 bits per heavy atom. The Hall–Kier alpha value is 0.423. The van der Waals surface area contributed by atoms with E-state index in [0.717, 1.165) is 6.42 Å². The van der Waals surface area contributed by atoms with E-state index < -0.39 is 20.8 Å². The van der Waals surface area contributed by atoms with E-state index in [1.54, 1.807) is 0 Å². The summed E-state index contributed by atoms with van der Waals surface area (Å²) in [6.07, 6.45) is 6.70. The van der Waals surface area contributed by atoms with Gasteiger partial charge in [-0.1, -0.05) is 42.8 Å². The van der Waals surface area contributed by atoms with Gasteiger partial charge in [-0.3, -0.25) is 0 Å². The number of rotatable bonds is 2. The molecule has 1 aromatic carbocycles. The summed E-state index contributed by atoms with van der Waals surface area (Å²) in [4.78, 5) is 0. The van der Waals surface area contributed by atoms with Crippen LogP contribution in [0.4, 0.5) is 0 Å². The third-order valence-corrected chi connectivity index (χ3v) is 2.42. The molecule has 1 aromatic rings. The van der Waals surface area contributed by atoms with Crippen molar-refractivity contribution in [3.8, 4) is 0 Å². The van der Waals surface area contributed by atoms with Gasteiger partial charge < -0.3 is 6.92 Å². The van der Waals surface area contributed by atoms with Crippen LogP contribution in [0.5, 0.6) is 0 Å². The van der Waals surface area contributed by atoms with Gasteiger partial charge in [-0.05, 0) is 11.1 Å². The Bertz CT molecular complexity index is 323. The summed E-state index contributed by atoms with van der Waals surface area (Å²) < 4.78 is 0. The fourth-order valence-corrected chi connectivity index (χ4v) is 1.80. The van der Waals surface area contributed by atoms with Gasteiger partial charge in [0.1, 0.15) is 0 Å². The molecule has 80 valence electrons. The van der Waals surface area contributed by atoms with Gasteiger partial charge in [-0.25, -0.2) is 0 Å². The topological polar surface area (TPSA) is 0 Å². The third kappa shape index (κ3) is 4.06. The van der Waals surface area contributed by atoms with Gasteiger partial charge in [0.25, 0.3) is 0 Å². The van der Waals surface area contributed by atoms with E-state index in [1.807, 2.05) is 0 Å². The summed E-state index contributed by atoms with van der Waals surface area (Å²) in [5.41, 5.74) is 2.86. The first kappa shape index (κ1) is 13.5. The van der Waals surface area contributed by atoms with E-state index in [1.165, 1.54) is 17.5 Å². The van der Waals surface area contributed by atoms with Gasteiger partial charge in [0.2, 0.25) is 0 Å². The number of hydrogen-bond acceptors (Lipinski definition) is 0. The molecule has 0 saturated heterocycles. The minimum absolute atomic E-state index is 0.624. The van der Waals surface area contributed by atoms with Crippen LogP contribution in [0.2, 0.25) is 0 Å². The van der Waals surface area contributed by atoms with Crippen LogP contribution in [0.3, 0.4) is 0 Å². The molecule has 0 amide bonds. The molecular formula is C12H13Cl2Zr-. The van der Waals surface area contributed by atoms with Gasteiger partial charge >= 0.3 is 37.9 Å². The van der Waals surface area contributed by atoms with E-state index in [0.29, 0.717) is 5.92 Å². The number of halogens is 2. The fourth-order valence-electron chi connectivity index (χ4n) is 1.80. The van der Waals surface area contributed by atoms with Crippen molar-refractivity contribution in [2.45, 2.75) is 18.8 Å². The molecule has 0 radical (unpaired) electrons. The standard InChI is InChI=1S/C12H13.2ClH.Zr/c1-2-5-10-8-9-11-6-3-4-7-12(10)11;;;/h3-4,6-10H,1-2,5H2;2*1H;/q-1;;;+2/p-2. The second-order valence-corrected chi connectivity index (χ2v) is 7.04. The molecule has 0 heterocycles. The van der Waals surface area contributed by atoms with Crippen LogP contribution in [0, 0.1) is 6.92 Å². The molecule has 1 atom stereocenters. The van der Waals surface area contributed by atoms with Crippen molar-refractivity contribution < 1.29 is 20.8 Å². The van der Waals surface area contributed by atoms with Gasteiger partial charge in [0.15, 0.2) is 0 Å². The van der Waals surface area contributed by atoms with E-state index in [-0.39, 0.29) is 0 Å². The van der Waals surface area contributed by atoms with E-state index >= 15 is 0 Å². The Labute approximate surface area is 110 Å². The summed E-state index contributed by atoms with van der Waals surface area (Å²) in [5, 5.41) is 0. The number of benzene rings is 1. The molecule has 2 rings (SSSR count). The summed E-state index contributed by atoms with van der Waals surface area (Å²) in [6, 6.07) is 8.60. The van der Waals surface area contributed by atoms with Gasteiger partial charge in [-0.2, -0.15) is 6.42 Å². The summed E-state index contributed by atoms with van der Waals surface area (Å²) in [5.74, 6) is 0.624. The molecule has 0 aliphatic heterocycles. The molecule has 3 heteroatoms. The monoisotopic (exact) mass is 317 g/mol. The van der Waals surface area contributed by atoms with Crippen LogP contribution in [-0.2, 0) is 20.8 Å². The number of fused-ring (bicyclic) bond motifs is 1. The Balaban J connectivity index is 0.000000337. The molecule has 0 saturated carbocycles. The zero-order valence-electron chi connectivity index (χ0n) is 8.42. The Morgan fingerprint density at radius 3 is 2.60 bits per heavy atom. The zero-order valence-corrected chi connectivity index (χ0v) is 12.4. The molecule has 0 nitrogen and oxygen atoms in total. The Kier molecular flexibility index (Phi) is 6.88. The molecule has 1 unspecified atom stereocenters. The first-order valence-corrected chi connectivity index (χ1v) is 11.2. The molecule has 0 N–H and O–H groups in total. The fraction of sp³-hybridized carbons (Fsp3) is 0.250. The van der Waals surface area contributed by atoms with Crippen molar-refractivity contribution in [3.05, 3.63) is 48.4 Å². The Morgan fingerprint density at radius 1 is 1.27 bits per heavy atom. The maximum atomic E-state index is 4.93. The molecular weight excluding hydrogens is 306 g/mol. The molecule has 0 fully saturated rings. The average Bonchev–Trinajstić information content (AvgIpc) is 2.64. The number of allylic oxidation sites excluding steroid dienone is 1. The third-order valence-electron chi connectivity index (χ3n) is 2.42. The predicted molar refractivity (Wildman–Crippen MR) is 64.5 cm³/mol. The van der Waals surface area contributed by atoms with Gasteiger partial charge in [0, 0.05) is 5.92 Å². The normalized spacial score (nSPS) is 16.6. The van der Waals surface area contributed by atoms with Crippen molar-refractivity contribution in [2.24, 2.45) is 0 Å². The first-order chi connectivity index (χ1) is 7.33. The second-order valence-electron chi connectivity index (χ2n) is 3.31. The van der Waals surface area contributed by atoms with Crippen LogP contribution < -0.4 is 0 Å². The van der Waals surface area contributed by atoms with Crippen LogP contribution in [-0.4, -0.2) is 0 Å². The van der Waals surface area contributed by atoms with Crippen LogP contribution in [0.1, 0.15) is 29.9 Å². The SMILES string of the molecule is [CH2-]CCC1C=Cc2ccccc21.[Cl][Zr][Cl]. The quantitative estimate of drug-likeness (QED) is 0.688. The maximum absolute atomic E-state index is 4.93. The van der Waals surface area contributed by atoms with E-state index in [9.17, 15) is 0 Å². The van der Waals surface area contributed by atoms with Gasteiger partial charge in [0.05, 0.1) is 0 Å². The first-order valence-electron chi connectivity index (χ1n) is 4.86. The predicted octanol–water partition coefficient (Wildman–Crippen LogP) is 4.79. The van der Waals surface area contributed by atoms with Crippen LogP contribution in [0.25, 0.3) is 6.08 Å². The van der Waals surface area contributed by atoms with E-state index in [4.69, 9.17) is 17.0 Å². The minimum atomic E-state index is -0.826. The van der Waals surface area contributed by atoms with Crippen molar-refractivity contribution in [2.75, 3.05) is 0 Å². The summed E-state index contributed by atoms with van der Waals surface area (Å²) in [6.45, 7) is 3.89. The molecule has 0 bridgehead atoms. The van der Waals surface area contributed by atoms with E-state index in [2.05, 4.69) is 43.3 Å². The van der Waals surface area contributed by atoms with Crippen molar-refractivity contribution in [3.63, 3.8) is 0 Å². The van der Waals surface area contributed by atoms with Crippen molar-refractivity contribution >= 4 is 23.1 Å². The van der Waals surface area contributed by atoms with Crippen LogP contribution in [0.15, 0.2) is 30.3 Å². The molecule has 1 aliphatic carbocycles. The van der Waals surface area contributed by atoms with Crippen LogP contribution >= 0.6 is 17.0 Å². The average molecular weight is 319 g/mol. The summed E-state index contributed by atoms with van der Waals surface area (Å²) in [7, 11) is 9.87. The molecule has 1 aliphatic rings. The summed E-state index contributed by atoms with van der Waals surface area (Å²) >= 11 is -0.826. The molecule has 0 spiro atoms. The van der Waals surface area contributed by atoms with Crippen molar-refractivity contribution in [1.82, 2.24) is 0 Å². The van der Waals surface area contributed by atoms with Crippen molar-refractivity contribution in [1.29, 1.82) is 0 Å². The second kappa shape index (κ2) is 7.66. The van der Waals surface area contributed by atoms with Gasteiger partial charge in [-0.15, -0.1) is 0 Å². The molecule has 15 heavy (non-hydrogen) atoms.